The van der Waals surface area contributed by atoms with E-state index < -0.39 is 11.8 Å². The number of fused-ring (bicyclic) bond motifs is 1. The van der Waals surface area contributed by atoms with Gasteiger partial charge < -0.3 is 19.0 Å². The second-order valence-electron chi connectivity index (χ2n) is 3.25. The average Bonchev–Trinajstić information content (AvgIpc) is 2.74. The Kier molecular flexibility index (Phi) is 2.63. The first-order valence-corrected chi connectivity index (χ1v) is 4.65. The minimum Gasteiger partial charge on any atom is -0.493 e. The molecule has 0 atom stereocenters. The van der Waals surface area contributed by atoms with Crippen molar-refractivity contribution in [2.75, 3.05) is 14.2 Å². The zero-order chi connectivity index (χ0) is 12.6. The van der Waals surface area contributed by atoms with E-state index in [0.29, 0.717) is 0 Å². The van der Waals surface area contributed by atoms with Crippen LogP contribution in [0.15, 0.2) is 16.5 Å². The number of ether oxygens (including phenoxy) is 2. The van der Waals surface area contributed by atoms with Crippen molar-refractivity contribution in [3.63, 3.8) is 0 Å². The summed E-state index contributed by atoms with van der Waals surface area (Å²) in [4.78, 5) is 10.7. The highest BCUT2D eigenvalue weighted by Crippen LogP contribution is 2.38. The van der Waals surface area contributed by atoms with E-state index in [0.717, 1.165) is 6.07 Å². The third-order valence-electron chi connectivity index (χ3n) is 2.31. The Hall–Kier alpha value is -2.24. The molecule has 6 heteroatoms. The van der Waals surface area contributed by atoms with E-state index in [1.807, 2.05) is 0 Å². The number of halogens is 1. The third-order valence-corrected chi connectivity index (χ3v) is 2.31. The van der Waals surface area contributed by atoms with E-state index in [4.69, 9.17) is 19.0 Å². The maximum absolute atomic E-state index is 13.6. The lowest BCUT2D eigenvalue weighted by atomic mass is 10.2. The first-order valence-electron chi connectivity index (χ1n) is 4.65. The van der Waals surface area contributed by atoms with Gasteiger partial charge in [-0.1, -0.05) is 0 Å². The van der Waals surface area contributed by atoms with E-state index in [1.54, 1.807) is 0 Å². The normalized spacial score (nSPS) is 10.5. The van der Waals surface area contributed by atoms with Crippen LogP contribution in [-0.2, 0) is 0 Å². The number of benzene rings is 1. The number of rotatable bonds is 3. The van der Waals surface area contributed by atoms with Crippen LogP contribution in [0.4, 0.5) is 4.39 Å². The van der Waals surface area contributed by atoms with Gasteiger partial charge in [-0.2, -0.15) is 0 Å². The smallest absolute Gasteiger partial charge is 0.371 e. The Morgan fingerprint density at radius 1 is 1.35 bits per heavy atom. The number of carbonyl (C=O) groups is 1. The van der Waals surface area contributed by atoms with Gasteiger partial charge in [-0.25, -0.2) is 9.18 Å². The zero-order valence-electron chi connectivity index (χ0n) is 9.11. The zero-order valence-corrected chi connectivity index (χ0v) is 9.11. The summed E-state index contributed by atoms with van der Waals surface area (Å²) in [5.41, 5.74) is -0.167. The van der Waals surface area contributed by atoms with Crippen molar-refractivity contribution in [3.05, 3.63) is 23.7 Å². The van der Waals surface area contributed by atoms with Crippen LogP contribution in [0, 0.1) is 5.82 Å². The third kappa shape index (κ3) is 1.67. The van der Waals surface area contributed by atoms with Gasteiger partial charge in [-0.15, -0.1) is 0 Å². The second-order valence-corrected chi connectivity index (χ2v) is 3.25. The van der Waals surface area contributed by atoms with E-state index in [2.05, 4.69) is 0 Å². The number of carboxylic acid groups (broad SMARTS) is 1. The van der Waals surface area contributed by atoms with Crippen molar-refractivity contribution >= 4 is 16.9 Å². The van der Waals surface area contributed by atoms with Gasteiger partial charge in [0.05, 0.1) is 19.6 Å². The molecule has 0 spiro atoms. The van der Waals surface area contributed by atoms with Crippen molar-refractivity contribution < 1.29 is 28.2 Å². The standard InChI is InChI=1S/C11H9FO5/c1-15-7-4-6(12)9-5(10(7)16-2)3-8(17-9)11(13)14/h3-4H,1-2H3,(H,13,14). The molecule has 0 bridgehead atoms. The molecule has 1 aromatic heterocycles. The molecule has 2 aromatic rings. The van der Waals surface area contributed by atoms with Gasteiger partial charge in [0, 0.05) is 12.1 Å². The van der Waals surface area contributed by atoms with Crippen molar-refractivity contribution in [2.45, 2.75) is 0 Å². The summed E-state index contributed by atoms with van der Waals surface area (Å²) in [7, 11) is 2.74. The van der Waals surface area contributed by atoms with E-state index in [1.165, 1.54) is 20.3 Å². The molecule has 0 aliphatic rings. The molecule has 0 unspecified atom stereocenters. The topological polar surface area (TPSA) is 68.9 Å². The SMILES string of the molecule is COc1cc(F)c2oc(C(=O)O)cc2c1OC. The van der Waals surface area contributed by atoms with Gasteiger partial charge >= 0.3 is 5.97 Å². The van der Waals surface area contributed by atoms with Crippen LogP contribution < -0.4 is 9.47 Å². The van der Waals surface area contributed by atoms with Crippen molar-refractivity contribution in [1.82, 2.24) is 0 Å². The van der Waals surface area contributed by atoms with Crippen LogP contribution in [0.25, 0.3) is 11.0 Å². The predicted octanol–water partition coefficient (Wildman–Crippen LogP) is 2.29. The lowest BCUT2D eigenvalue weighted by molar-refractivity contribution is 0.0665. The van der Waals surface area contributed by atoms with E-state index in [-0.39, 0.29) is 28.2 Å². The molecule has 0 aliphatic heterocycles. The Balaban J connectivity index is 2.81. The quantitative estimate of drug-likeness (QED) is 0.891. The molecule has 0 saturated heterocycles. The lowest BCUT2D eigenvalue weighted by Gasteiger charge is -2.07. The Labute approximate surface area is 95.4 Å². The molecular formula is C11H9FO5. The number of furan rings is 1. The fraction of sp³-hybridized carbons (Fsp3) is 0.182. The Morgan fingerprint density at radius 3 is 2.59 bits per heavy atom. The van der Waals surface area contributed by atoms with Crippen molar-refractivity contribution in [3.8, 4) is 11.5 Å². The number of carboxylic acids is 1. The average molecular weight is 240 g/mol. The molecule has 1 heterocycles. The maximum atomic E-state index is 13.6. The molecule has 5 nitrogen and oxygen atoms in total. The van der Waals surface area contributed by atoms with Crippen LogP contribution in [0.5, 0.6) is 11.5 Å². The molecule has 90 valence electrons. The first kappa shape index (κ1) is 11.3. The van der Waals surface area contributed by atoms with Gasteiger partial charge in [0.15, 0.2) is 22.9 Å². The lowest BCUT2D eigenvalue weighted by Crippen LogP contribution is -1.92. The van der Waals surface area contributed by atoms with E-state index in [9.17, 15) is 9.18 Å². The minimum atomic E-state index is -1.28. The Bertz CT molecular complexity index is 587. The second kappa shape index (κ2) is 3.97. The van der Waals surface area contributed by atoms with Gasteiger partial charge in [-0.3, -0.25) is 0 Å². The first-order chi connectivity index (χ1) is 8.08. The summed E-state index contributed by atoms with van der Waals surface area (Å²) >= 11 is 0. The highest BCUT2D eigenvalue weighted by Gasteiger charge is 2.20. The summed E-state index contributed by atoms with van der Waals surface area (Å²) in [6.07, 6.45) is 0. The summed E-state index contributed by atoms with van der Waals surface area (Å²) < 4.78 is 28.5. The molecule has 0 amide bonds. The molecule has 0 aliphatic carbocycles. The Morgan fingerprint density at radius 2 is 2.06 bits per heavy atom. The summed E-state index contributed by atoms with van der Waals surface area (Å²) in [6.45, 7) is 0. The van der Waals surface area contributed by atoms with Gasteiger partial charge in [0.1, 0.15) is 0 Å². The van der Waals surface area contributed by atoms with Crippen molar-refractivity contribution in [1.29, 1.82) is 0 Å². The summed E-state index contributed by atoms with van der Waals surface area (Å²) in [6, 6.07) is 2.28. The highest BCUT2D eigenvalue weighted by atomic mass is 19.1. The monoisotopic (exact) mass is 240 g/mol. The van der Waals surface area contributed by atoms with Gasteiger partial charge in [-0.05, 0) is 0 Å². The maximum Gasteiger partial charge on any atom is 0.371 e. The molecular weight excluding hydrogens is 231 g/mol. The van der Waals surface area contributed by atoms with Crippen LogP contribution in [0.1, 0.15) is 10.6 Å². The number of hydrogen-bond acceptors (Lipinski definition) is 4. The minimum absolute atomic E-state index is 0.167. The predicted molar refractivity (Wildman–Crippen MR) is 56.2 cm³/mol. The molecule has 0 saturated carbocycles. The van der Waals surface area contributed by atoms with Crippen LogP contribution >= 0.6 is 0 Å². The largest absolute Gasteiger partial charge is 0.493 e. The van der Waals surface area contributed by atoms with Crippen molar-refractivity contribution in [2.24, 2.45) is 0 Å². The fourth-order valence-electron chi connectivity index (χ4n) is 1.58. The fourth-order valence-corrected chi connectivity index (χ4v) is 1.58. The number of methoxy groups -OCH3 is 2. The van der Waals surface area contributed by atoms with Gasteiger partial charge in [0.25, 0.3) is 0 Å². The van der Waals surface area contributed by atoms with Crippen LogP contribution in [0.2, 0.25) is 0 Å². The van der Waals surface area contributed by atoms with E-state index >= 15 is 0 Å². The molecule has 0 fully saturated rings. The van der Waals surface area contributed by atoms with Crippen LogP contribution in [-0.4, -0.2) is 25.3 Å². The summed E-state index contributed by atoms with van der Waals surface area (Å²) in [5.74, 6) is -1.92. The molecule has 1 N–H and O–H groups in total. The summed E-state index contributed by atoms with van der Waals surface area (Å²) in [5, 5.41) is 9.00. The number of hydrogen-bond donors (Lipinski definition) is 1. The molecule has 17 heavy (non-hydrogen) atoms. The molecule has 1 aromatic carbocycles. The number of aromatic carboxylic acids is 1. The highest BCUT2D eigenvalue weighted by molar-refractivity contribution is 5.95. The van der Waals surface area contributed by atoms with Gasteiger partial charge in [0.2, 0.25) is 5.76 Å². The molecule has 0 radical (unpaired) electrons. The van der Waals surface area contributed by atoms with Crippen LogP contribution in [0.3, 0.4) is 0 Å². The molecule has 2 rings (SSSR count).